The molecule has 0 saturated heterocycles. The molecule has 4 nitrogen and oxygen atoms in total. The highest BCUT2D eigenvalue weighted by molar-refractivity contribution is 6.48. The molecule has 1 aromatic rings. The summed E-state index contributed by atoms with van der Waals surface area (Å²) < 4.78 is 5.48. The molecule has 0 unspecified atom stereocenters. The maximum atomic E-state index is 11.5. The van der Waals surface area contributed by atoms with Crippen molar-refractivity contribution in [1.82, 2.24) is 4.98 Å². The second-order valence-corrected chi connectivity index (χ2v) is 5.42. The summed E-state index contributed by atoms with van der Waals surface area (Å²) in [4.78, 5) is 15.7. The number of hydrogen-bond donors (Lipinski definition) is 1. The van der Waals surface area contributed by atoms with Crippen LogP contribution in [0.5, 0.6) is 5.75 Å². The first-order chi connectivity index (χ1) is 9.41. The number of phenols is 1. The first kappa shape index (κ1) is 13.8. The molecule has 102 valence electrons. The van der Waals surface area contributed by atoms with Crippen LogP contribution >= 0.6 is 46.4 Å². The maximum Gasteiger partial charge on any atom is 0.201 e. The van der Waals surface area contributed by atoms with Crippen LogP contribution in [0.3, 0.4) is 0 Å². The lowest BCUT2D eigenvalue weighted by atomic mass is 10.2. The topological polar surface area (TPSA) is 63.3 Å². The van der Waals surface area contributed by atoms with Crippen molar-refractivity contribution in [2.45, 2.75) is 0 Å². The summed E-state index contributed by atoms with van der Waals surface area (Å²) in [6, 6.07) is 2.70. The van der Waals surface area contributed by atoms with E-state index in [-0.39, 0.29) is 37.0 Å². The molecular weight excluding hydrogens is 348 g/mol. The third-order valence-corrected chi connectivity index (χ3v) is 4.25. The van der Waals surface area contributed by atoms with Crippen molar-refractivity contribution in [3.63, 3.8) is 0 Å². The minimum Gasteiger partial charge on any atom is -0.505 e. The van der Waals surface area contributed by atoms with E-state index in [2.05, 4.69) is 4.98 Å². The van der Waals surface area contributed by atoms with Crippen molar-refractivity contribution in [2.75, 3.05) is 0 Å². The Kier molecular flexibility index (Phi) is 3.21. The molecule has 0 saturated carbocycles. The van der Waals surface area contributed by atoms with E-state index in [9.17, 15) is 9.90 Å². The highest BCUT2D eigenvalue weighted by Gasteiger charge is 2.22. The van der Waals surface area contributed by atoms with Crippen LogP contribution in [-0.4, -0.2) is 10.1 Å². The molecule has 1 heterocycles. The van der Waals surface area contributed by atoms with Gasteiger partial charge >= 0.3 is 0 Å². The minimum absolute atomic E-state index is 0.00133. The molecule has 0 bridgehead atoms. The molecule has 0 fully saturated rings. The van der Waals surface area contributed by atoms with Crippen LogP contribution in [0.2, 0.25) is 20.1 Å². The molecule has 1 aliphatic carbocycles. The van der Waals surface area contributed by atoms with Crippen molar-refractivity contribution in [1.29, 1.82) is 0 Å². The first-order valence-electron chi connectivity index (χ1n) is 5.20. The molecule has 8 heteroatoms. The van der Waals surface area contributed by atoms with E-state index >= 15 is 0 Å². The highest BCUT2D eigenvalue weighted by atomic mass is 35.5. The molecule has 1 aliphatic heterocycles. The molecule has 3 rings (SSSR count). The van der Waals surface area contributed by atoms with Crippen LogP contribution in [0, 0.1) is 0 Å². The Morgan fingerprint density at radius 2 is 1.70 bits per heavy atom. The summed E-state index contributed by atoms with van der Waals surface area (Å²) in [6.45, 7) is 0. The number of fused-ring (bicyclic) bond motifs is 2. The number of halogens is 4. The van der Waals surface area contributed by atoms with Crippen LogP contribution in [0.15, 0.2) is 21.3 Å². The standard InChI is InChI=1S/C12H3Cl4NO3/c13-5-4(18)2-1-3-11(5)20-12-8(16)10(19)7(15)6(14)9(12)17-3/h1-2,19H. The van der Waals surface area contributed by atoms with E-state index in [1.807, 2.05) is 0 Å². The number of nitrogens with zero attached hydrogens (tertiary/aromatic N) is 1. The largest absolute Gasteiger partial charge is 0.505 e. The molecular formula is C12H3Cl4NO3. The normalized spacial score (nSPS) is 11.4. The first-order valence-corrected chi connectivity index (χ1v) is 6.71. The van der Waals surface area contributed by atoms with Gasteiger partial charge in [0.25, 0.3) is 0 Å². The van der Waals surface area contributed by atoms with Gasteiger partial charge in [-0.1, -0.05) is 46.4 Å². The predicted octanol–water partition coefficient (Wildman–Crippen LogP) is 4.61. The average Bonchev–Trinajstić information content (AvgIpc) is 2.45. The molecule has 0 aromatic heterocycles. The minimum atomic E-state index is -0.426. The third kappa shape index (κ3) is 1.84. The van der Waals surface area contributed by atoms with Gasteiger partial charge in [0.05, 0.1) is 5.02 Å². The lowest BCUT2D eigenvalue weighted by molar-refractivity contribution is 0.474. The van der Waals surface area contributed by atoms with E-state index in [0.29, 0.717) is 5.69 Å². The summed E-state index contributed by atoms with van der Waals surface area (Å²) in [5, 5.41) is 9.34. The van der Waals surface area contributed by atoms with E-state index in [0.717, 1.165) is 0 Å². The lowest BCUT2D eigenvalue weighted by Gasteiger charge is -2.11. The van der Waals surface area contributed by atoms with Gasteiger partial charge < -0.3 is 9.52 Å². The molecule has 2 aliphatic rings. The van der Waals surface area contributed by atoms with Gasteiger partial charge in [0.2, 0.25) is 5.43 Å². The van der Waals surface area contributed by atoms with Crippen molar-refractivity contribution < 1.29 is 9.52 Å². The quantitative estimate of drug-likeness (QED) is 0.475. The van der Waals surface area contributed by atoms with Crippen LogP contribution in [0.1, 0.15) is 0 Å². The summed E-state index contributed by atoms with van der Waals surface area (Å²) in [5.41, 5.74) is 0.0755. The molecule has 0 amide bonds. The Balaban J connectivity index is 2.59. The SMILES string of the molecule is O=c1ccc2nc3c(Cl)c(Cl)c(O)c(Cl)c3oc-2c1Cl. The van der Waals surface area contributed by atoms with E-state index < -0.39 is 11.2 Å². The van der Waals surface area contributed by atoms with E-state index in [1.165, 1.54) is 12.1 Å². The van der Waals surface area contributed by atoms with Gasteiger partial charge in [-0.2, -0.15) is 0 Å². The number of rotatable bonds is 0. The third-order valence-electron chi connectivity index (χ3n) is 2.71. The van der Waals surface area contributed by atoms with Gasteiger partial charge in [-0.25, -0.2) is 4.98 Å². The fourth-order valence-corrected chi connectivity index (χ4v) is 2.61. The zero-order valence-corrected chi connectivity index (χ0v) is 12.4. The van der Waals surface area contributed by atoms with E-state index in [4.69, 9.17) is 50.8 Å². The molecule has 20 heavy (non-hydrogen) atoms. The number of aromatic hydroxyl groups is 1. The van der Waals surface area contributed by atoms with Gasteiger partial charge in [0.15, 0.2) is 17.1 Å². The van der Waals surface area contributed by atoms with Crippen LogP contribution < -0.4 is 5.43 Å². The monoisotopic (exact) mass is 349 g/mol. The zero-order chi connectivity index (χ0) is 14.6. The summed E-state index contributed by atoms with van der Waals surface area (Å²) >= 11 is 23.7. The molecule has 0 radical (unpaired) electrons. The second-order valence-electron chi connectivity index (χ2n) is 3.91. The number of hydrogen-bond acceptors (Lipinski definition) is 4. The molecule has 0 spiro atoms. The second kappa shape index (κ2) is 4.67. The predicted molar refractivity (Wildman–Crippen MR) is 78.6 cm³/mol. The highest BCUT2D eigenvalue weighted by Crippen LogP contribution is 2.45. The summed E-state index contributed by atoms with van der Waals surface area (Å²) in [7, 11) is 0. The molecule has 1 aromatic carbocycles. The fourth-order valence-electron chi connectivity index (χ4n) is 1.74. The van der Waals surface area contributed by atoms with Gasteiger partial charge in [0.1, 0.15) is 26.3 Å². The van der Waals surface area contributed by atoms with Crippen LogP contribution in [0.4, 0.5) is 0 Å². The van der Waals surface area contributed by atoms with E-state index in [1.54, 1.807) is 0 Å². The summed E-state index contributed by atoms with van der Waals surface area (Å²) in [5.74, 6) is -0.364. The van der Waals surface area contributed by atoms with Crippen molar-refractivity contribution in [2.24, 2.45) is 0 Å². The fraction of sp³-hybridized carbons (Fsp3) is 0. The van der Waals surface area contributed by atoms with Crippen molar-refractivity contribution in [3.8, 4) is 17.2 Å². The Labute approximate surface area is 131 Å². The van der Waals surface area contributed by atoms with Gasteiger partial charge in [-0.3, -0.25) is 4.79 Å². The maximum absolute atomic E-state index is 11.5. The van der Waals surface area contributed by atoms with Gasteiger partial charge in [-0.15, -0.1) is 0 Å². The lowest BCUT2D eigenvalue weighted by Crippen LogP contribution is -2.03. The van der Waals surface area contributed by atoms with Gasteiger partial charge in [0, 0.05) is 0 Å². The van der Waals surface area contributed by atoms with Crippen molar-refractivity contribution >= 4 is 57.5 Å². The Morgan fingerprint density at radius 1 is 1.00 bits per heavy atom. The number of aromatic nitrogens is 1. The number of phenolic OH excluding ortho intramolecular Hbond substituents is 1. The van der Waals surface area contributed by atoms with Crippen LogP contribution in [-0.2, 0) is 0 Å². The average molecular weight is 351 g/mol. The number of benzene rings is 2. The Bertz CT molecular complexity index is 890. The smallest absolute Gasteiger partial charge is 0.201 e. The van der Waals surface area contributed by atoms with Crippen molar-refractivity contribution in [3.05, 3.63) is 42.4 Å². The summed E-state index contributed by atoms with van der Waals surface area (Å²) in [6.07, 6.45) is 0. The Hall–Kier alpha value is -1.20. The van der Waals surface area contributed by atoms with Gasteiger partial charge in [-0.05, 0) is 12.1 Å². The van der Waals surface area contributed by atoms with Crippen LogP contribution in [0.25, 0.3) is 22.6 Å². The Morgan fingerprint density at radius 3 is 2.40 bits per heavy atom. The zero-order valence-electron chi connectivity index (χ0n) is 9.38. The molecule has 0 atom stereocenters. The molecule has 1 N–H and O–H groups in total.